The van der Waals surface area contributed by atoms with Gasteiger partial charge in [-0.1, -0.05) is 24.3 Å². The minimum atomic E-state index is -4.52. The van der Waals surface area contributed by atoms with Crippen molar-refractivity contribution in [1.82, 2.24) is 39.4 Å². The van der Waals surface area contributed by atoms with Gasteiger partial charge < -0.3 is 26.4 Å². The third kappa shape index (κ3) is 9.40. The molecule has 66 heavy (non-hydrogen) atoms. The molecule has 4 aromatic heterocycles. The highest BCUT2D eigenvalue weighted by Crippen LogP contribution is 2.33. The highest BCUT2D eigenvalue weighted by molar-refractivity contribution is 5.96. The first kappa shape index (κ1) is 43.9. The van der Waals surface area contributed by atoms with Crippen molar-refractivity contribution < 1.29 is 45.4 Å². The number of alkyl halides is 3. The van der Waals surface area contributed by atoms with Gasteiger partial charge in [-0.2, -0.15) is 13.2 Å². The van der Waals surface area contributed by atoms with Crippen LogP contribution >= 0.6 is 0 Å². The molecule has 5 N–H and O–H groups in total. The van der Waals surface area contributed by atoms with Gasteiger partial charge in [0.25, 0.3) is 11.8 Å². The number of anilines is 2. The summed E-state index contributed by atoms with van der Waals surface area (Å²) >= 11 is 0. The number of aliphatic hydroxyl groups excluding tert-OH is 1. The van der Waals surface area contributed by atoms with E-state index in [1.165, 1.54) is 10.6 Å². The summed E-state index contributed by atoms with van der Waals surface area (Å²) in [6.45, 7) is -0.738. The topological polar surface area (TPSA) is 163 Å². The van der Waals surface area contributed by atoms with Crippen LogP contribution in [0, 0.1) is 23.3 Å². The van der Waals surface area contributed by atoms with E-state index in [1.807, 2.05) is 12.1 Å². The van der Waals surface area contributed by atoms with Crippen molar-refractivity contribution in [2.45, 2.75) is 56.8 Å². The van der Waals surface area contributed by atoms with Crippen LogP contribution in [0.2, 0.25) is 0 Å². The number of imidazole rings is 2. The fraction of sp³-hybridized carbons (Fsp3) is 0.261. The first-order valence-electron chi connectivity index (χ1n) is 21.0. The number of benzene rings is 4. The molecule has 20 heteroatoms. The summed E-state index contributed by atoms with van der Waals surface area (Å²) in [6, 6.07) is 18.0. The molecule has 2 aliphatic carbocycles. The number of halogens is 7. The van der Waals surface area contributed by atoms with Gasteiger partial charge in [0, 0.05) is 71.8 Å². The van der Waals surface area contributed by atoms with Crippen LogP contribution in [-0.4, -0.2) is 83.6 Å². The summed E-state index contributed by atoms with van der Waals surface area (Å²) in [6.07, 6.45) is 3.82. The highest BCUT2D eigenvalue weighted by atomic mass is 19.4. The lowest BCUT2D eigenvalue weighted by atomic mass is 10.1. The molecule has 0 aliphatic heterocycles. The van der Waals surface area contributed by atoms with E-state index in [9.17, 15) is 40.3 Å². The van der Waals surface area contributed by atoms with E-state index in [4.69, 9.17) is 5.11 Å². The van der Waals surface area contributed by atoms with Gasteiger partial charge in [-0.3, -0.25) is 18.4 Å². The monoisotopic (exact) mass is 912 g/mol. The van der Waals surface area contributed by atoms with Gasteiger partial charge in [0.1, 0.15) is 6.54 Å². The second-order valence-electron chi connectivity index (χ2n) is 16.0. The maximum Gasteiger partial charge on any atom is 0.405 e. The lowest BCUT2D eigenvalue weighted by molar-refractivity contribution is -0.115. The van der Waals surface area contributed by atoms with E-state index in [2.05, 4.69) is 41.2 Å². The summed E-state index contributed by atoms with van der Waals surface area (Å²) < 4.78 is 97.4. The van der Waals surface area contributed by atoms with Gasteiger partial charge in [0.05, 0.1) is 45.8 Å². The maximum atomic E-state index is 14.1. The van der Waals surface area contributed by atoms with E-state index in [-0.39, 0.29) is 58.5 Å². The Labute approximate surface area is 370 Å². The van der Waals surface area contributed by atoms with Gasteiger partial charge in [-0.25, -0.2) is 37.5 Å². The number of aliphatic hydroxyl groups is 1. The largest absolute Gasteiger partial charge is 0.405 e. The zero-order valence-corrected chi connectivity index (χ0v) is 34.7. The molecule has 0 radical (unpaired) electrons. The average molecular weight is 913 g/mol. The molecular formula is C46H39F7N10O3. The molecule has 13 nitrogen and oxygen atoms in total. The molecule has 2 fully saturated rings. The standard InChI is InChI=1S/C24H23F2N5O2.C22H16F5N5O/c25-17-11-19-20(12-18(17)26)31-21(13-28-23(31)22(30-19)27-9-1-2-10-32)14-3-5-15(6-4-14)24(33)29-16-7-8-16;23-14-7-16-17(8-15(14)24)32-18(9-28-20(32)19(31-16)29-10-22(25,26)27)11-1-3-12(4-2-11)21(33)30-13-5-6-13/h3-6,11-13,16,32H,1-2,7-10H2,(H,27,30)(H,29,33);1-4,7-9,13H,5-6,10H2,(H,29,31)(H,30,33). The summed E-state index contributed by atoms with van der Waals surface area (Å²) in [5.41, 5.74) is 4.67. The molecule has 0 spiro atoms. The zero-order chi connectivity index (χ0) is 46.3. The maximum absolute atomic E-state index is 14.1. The Morgan fingerprint density at radius 2 is 1.05 bits per heavy atom. The normalized spacial score (nSPS) is 13.8. The number of nitrogens with one attached hydrogen (secondary N) is 4. The van der Waals surface area contributed by atoms with Crippen molar-refractivity contribution in [3.8, 4) is 22.5 Å². The van der Waals surface area contributed by atoms with Crippen LogP contribution < -0.4 is 21.3 Å². The number of fused-ring (bicyclic) bond motifs is 6. The number of unbranched alkanes of at least 4 members (excludes halogenated alkanes) is 1. The highest BCUT2D eigenvalue weighted by Gasteiger charge is 2.29. The fourth-order valence-electron chi connectivity index (χ4n) is 7.30. The summed E-state index contributed by atoms with van der Waals surface area (Å²) in [5.74, 6) is -4.35. The van der Waals surface area contributed by atoms with E-state index in [0.717, 1.165) is 61.9 Å². The molecule has 340 valence electrons. The molecule has 2 saturated carbocycles. The van der Waals surface area contributed by atoms with Crippen LogP contribution in [0.1, 0.15) is 59.2 Å². The van der Waals surface area contributed by atoms with Gasteiger partial charge in [-0.15, -0.1) is 0 Å². The molecule has 2 amide bonds. The van der Waals surface area contributed by atoms with Gasteiger partial charge in [0.15, 0.2) is 46.2 Å². The minimum Gasteiger partial charge on any atom is -0.396 e. The average Bonchev–Trinajstić information content (AvgIpc) is 4.21. The van der Waals surface area contributed by atoms with Crippen molar-refractivity contribution >= 4 is 56.8 Å². The first-order chi connectivity index (χ1) is 31.7. The molecule has 10 rings (SSSR count). The molecule has 0 unspecified atom stereocenters. The second-order valence-corrected chi connectivity index (χ2v) is 16.0. The predicted octanol–water partition coefficient (Wildman–Crippen LogP) is 8.60. The van der Waals surface area contributed by atoms with Gasteiger partial charge in [-0.05, 0) is 62.8 Å². The molecule has 0 bridgehead atoms. The number of amides is 2. The Bertz CT molecular complexity index is 3130. The van der Waals surface area contributed by atoms with Crippen molar-refractivity contribution in [1.29, 1.82) is 0 Å². The lowest BCUT2D eigenvalue weighted by Crippen LogP contribution is -2.25. The number of carbonyl (C=O) groups excluding carboxylic acids is 2. The number of nitrogens with zero attached hydrogens (tertiary/aromatic N) is 6. The summed E-state index contributed by atoms with van der Waals surface area (Å²) in [7, 11) is 0. The predicted molar refractivity (Wildman–Crippen MR) is 232 cm³/mol. The molecule has 0 saturated heterocycles. The van der Waals surface area contributed by atoms with Crippen LogP contribution in [0.15, 0.2) is 85.2 Å². The van der Waals surface area contributed by atoms with Crippen LogP contribution in [0.4, 0.5) is 42.4 Å². The molecule has 8 aromatic rings. The number of hydrogen-bond acceptors (Lipinski definition) is 9. The quantitative estimate of drug-likeness (QED) is 0.0564. The van der Waals surface area contributed by atoms with E-state index < -0.39 is 36.0 Å². The summed E-state index contributed by atoms with van der Waals surface area (Å²) in [5, 5.41) is 20.2. The van der Waals surface area contributed by atoms with Crippen LogP contribution in [0.3, 0.4) is 0 Å². The van der Waals surface area contributed by atoms with E-state index in [1.54, 1.807) is 47.0 Å². The SMILES string of the molecule is O=C(NC1CC1)c1ccc(-c2cnc3c(NCC(F)(F)F)nc4cc(F)c(F)cc4n23)cc1.O=C(NC1CC1)c1ccc(-c2cnc3c(NCCCCO)nc4cc(F)c(F)cc4n23)cc1. The van der Waals surface area contributed by atoms with Crippen LogP contribution in [-0.2, 0) is 0 Å². The number of rotatable bonds is 13. The number of carbonyl (C=O) groups is 2. The minimum absolute atomic E-state index is 0.0170. The van der Waals surface area contributed by atoms with E-state index in [0.29, 0.717) is 58.0 Å². The number of hydrogen-bond donors (Lipinski definition) is 5. The zero-order valence-electron chi connectivity index (χ0n) is 34.7. The van der Waals surface area contributed by atoms with Gasteiger partial charge in [0.2, 0.25) is 0 Å². The molecule has 2 aliphatic rings. The lowest BCUT2D eigenvalue weighted by Gasteiger charge is -2.13. The smallest absolute Gasteiger partial charge is 0.396 e. The first-order valence-corrected chi connectivity index (χ1v) is 21.0. The van der Waals surface area contributed by atoms with Crippen molar-refractivity contribution in [2.24, 2.45) is 0 Å². The Balaban J connectivity index is 0.000000166. The van der Waals surface area contributed by atoms with Crippen molar-refractivity contribution in [3.05, 3.63) is 120 Å². The van der Waals surface area contributed by atoms with Crippen molar-refractivity contribution in [3.63, 3.8) is 0 Å². The van der Waals surface area contributed by atoms with Gasteiger partial charge >= 0.3 is 6.18 Å². The van der Waals surface area contributed by atoms with E-state index >= 15 is 0 Å². The fourth-order valence-corrected chi connectivity index (χ4v) is 7.30. The third-order valence-electron chi connectivity index (χ3n) is 11.0. The molecular weight excluding hydrogens is 874 g/mol. The Morgan fingerprint density at radius 3 is 1.45 bits per heavy atom. The molecule has 0 atom stereocenters. The molecule has 4 aromatic carbocycles. The Hall–Kier alpha value is -7.35. The Morgan fingerprint density at radius 1 is 0.621 bits per heavy atom. The van der Waals surface area contributed by atoms with Crippen molar-refractivity contribution in [2.75, 3.05) is 30.3 Å². The van der Waals surface area contributed by atoms with Crippen LogP contribution in [0.5, 0.6) is 0 Å². The van der Waals surface area contributed by atoms with Crippen LogP contribution in [0.25, 0.3) is 55.9 Å². The Kier molecular flexibility index (Phi) is 11.9. The number of aromatic nitrogens is 6. The second kappa shape index (κ2) is 17.9. The third-order valence-corrected chi connectivity index (χ3v) is 11.0. The summed E-state index contributed by atoms with van der Waals surface area (Å²) in [4.78, 5) is 41.7. The molecule has 4 heterocycles.